The Hall–Kier alpha value is -3.70. The van der Waals surface area contributed by atoms with Crippen molar-refractivity contribution in [2.75, 3.05) is 18.6 Å². The van der Waals surface area contributed by atoms with Crippen LogP contribution in [0.3, 0.4) is 0 Å². The number of carbonyl (C=O) groups excluding carboxylic acids is 2. The van der Waals surface area contributed by atoms with Crippen molar-refractivity contribution >= 4 is 17.6 Å². The number of likely N-dealkylation sites (N-methyl/N-ethyl adjacent to an activating group) is 1. The number of hydrogen-bond donors (Lipinski definition) is 0. The van der Waals surface area contributed by atoms with Crippen LogP contribution in [0, 0.1) is 5.41 Å². The molecule has 33 heavy (non-hydrogen) atoms. The molecule has 2 aliphatic heterocycles. The molecule has 5 nitrogen and oxygen atoms in total. The summed E-state index contributed by atoms with van der Waals surface area (Å²) in [6.07, 6.45) is 0.550. The molecule has 1 amide bonds. The van der Waals surface area contributed by atoms with E-state index in [1.54, 1.807) is 24.1 Å². The lowest BCUT2D eigenvalue weighted by atomic mass is 9.61. The number of ether oxygens (including phenoxy) is 2. The standard InChI is InChI=1S/C28H25NO4/c1-20-17-27(18-21-11-5-3-6-12-21,26(31)33-22-13-7-4-8-14-22)28(32-19-20)23-15-9-10-16-24(23)29(2)25(28)30/h3-16H,1,17-19H2,2H3/t27-,28-/m0/s1. The summed E-state index contributed by atoms with van der Waals surface area (Å²) in [6, 6.07) is 26.1. The van der Waals surface area contributed by atoms with Gasteiger partial charge in [0.2, 0.25) is 0 Å². The maximum Gasteiger partial charge on any atom is 0.322 e. The predicted molar refractivity (Wildman–Crippen MR) is 126 cm³/mol. The van der Waals surface area contributed by atoms with Crippen molar-refractivity contribution in [3.8, 4) is 5.75 Å². The van der Waals surface area contributed by atoms with E-state index in [0.29, 0.717) is 11.3 Å². The Morgan fingerprint density at radius 2 is 1.64 bits per heavy atom. The number of anilines is 1. The van der Waals surface area contributed by atoms with Crippen molar-refractivity contribution in [1.82, 2.24) is 0 Å². The Balaban J connectivity index is 1.74. The van der Waals surface area contributed by atoms with Crippen molar-refractivity contribution in [3.63, 3.8) is 0 Å². The number of para-hydroxylation sites is 2. The summed E-state index contributed by atoms with van der Waals surface area (Å²) in [5.74, 6) is -0.345. The van der Waals surface area contributed by atoms with Crippen LogP contribution in [-0.2, 0) is 26.3 Å². The molecule has 5 heteroatoms. The third kappa shape index (κ3) is 3.19. The normalized spacial score (nSPS) is 24.1. The van der Waals surface area contributed by atoms with Gasteiger partial charge in [0, 0.05) is 12.6 Å². The smallest absolute Gasteiger partial charge is 0.322 e. The summed E-state index contributed by atoms with van der Waals surface area (Å²) in [6.45, 7) is 4.33. The third-order valence-corrected chi connectivity index (χ3v) is 6.66. The topological polar surface area (TPSA) is 55.8 Å². The molecular formula is C28H25NO4. The van der Waals surface area contributed by atoms with Gasteiger partial charge in [0.25, 0.3) is 5.91 Å². The van der Waals surface area contributed by atoms with Gasteiger partial charge >= 0.3 is 5.97 Å². The first-order chi connectivity index (χ1) is 16.0. The van der Waals surface area contributed by atoms with Gasteiger partial charge in [-0.25, -0.2) is 0 Å². The fourth-order valence-corrected chi connectivity index (χ4v) is 5.19. The second-order valence-corrected chi connectivity index (χ2v) is 8.73. The minimum atomic E-state index is -1.51. The molecule has 0 radical (unpaired) electrons. The van der Waals surface area contributed by atoms with Gasteiger partial charge in [0.15, 0.2) is 5.60 Å². The number of carbonyl (C=O) groups is 2. The molecular weight excluding hydrogens is 414 g/mol. The Labute approximate surface area is 193 Å². The fraction of sp³-hybridized carbons (Fsp3) is 0.214. The zero-order valence-corrected chi connectivity index (χ0v) is 18.5. The zero-order chi connectivity index (χ0) is 23.1. The van der Waals surface area contributed by atoms with E-state index >= 15 is 0 Å². The average Bonchev–Trinajstić information content (AvgIpc) is 3.05. The molecule has 3 aromatic rings. The van der Waals surface area contributed by atoms with Crippen LogP contribution >= 0.6 is 0 Å². The van der Waals surface area contributed by atoms with Gasteiger partial charge < -0.3 is 14.4 Å². The second-order valence-electron chi connectivity index (χ2n) is 8.73. The van der Waals surface area contributed by atoms with Crippen molar-refractivity contribution in [3.05, 3.63) is 108 Å². The summed E-state index contributed by atoms with van der Waals surface area (Å²) >= 11 is 0. The molecule has 3 aromatic carbocycles. The molecule has 1 saturated heterocycles. The highest BCUT2D eigenvalue weighted by Crippen LogP contribution is 2.58. The zero-order valence-electron chi connectivity index (χ0n) is 18.5. The van der Waals surface area contributed by atoms with E-state index in [4.69, 9.17) is 9.47 Å². The van der Waals surface area contributed by atoms with E-state index in [1.165, 1.54) is 0 Å². The van der Waals surface area contributed by atoms with E-state index in [0.717, 1.165) is 16.8 Å². The van der Waals surface area contributed by atoms with E-state index in [9.17, 15) is 9.59 Å². The molecule has 0 unspecified atom stereocenters. The number of fused-ring (bicyclic) bond motifs is 2. The number of esters is 1. The SMILES string of the molecule is C=C1CO[C@@]2(C(=O)N(C)c3ccccc32)[C@@](Cc2ccccc2)(C(=O)Oc2ccccc2)C1. The molecule has 1 fully saturated rings. The van der Waals surface area contributed by atoms with E-state index in [-0.39, 0.29) is 25.4 Å². The number of amides is 1. The monoisotopic (exact) mass is 439 g/mol. The Morgan fingerprint density at radius 1 is 1.00 bits per heavy atom. The summed E-state index contributed by atoms with van der Waals surface area (Å²) in [5, 5.41) is 0. The molecule has 2 heterocycles. The fourth-order valence-electron chi connectivity index (χ4n) is 5.19. The van der Waals surface area contributed by atoms with Gasteiger partial charge in [-0.3, -0.25) is 9.59 Å². The van der Waals surface area contributed by atoms with Crippen molar-refractivity contribution in [1.29, 1.82) is 0 Å². The van der Waals surface area contributed by atoms with Crippen LogP contribution in [0.1, 0.15) is 17.5 Å². The quantitative estimate of drug-likeness (QED) is 0.337. The number of benzene rings is 3. The number of nitrogens with zero attached hydrogens (tertiary/aromatic N) is 1. The van der Waals surface area contributed by atoms with Crippen LogP contribution in [0.2, 0.25) is 0 Å². The Morgan fingerprint density at radius 3 is 2.36 bits per heavy atom. The molecule has 0 aliphatic carbocycles. The molecule has 0 saturated carbocycles. The van der Waals surface area contributed by atoms with Crippen LogP contribution in [0.25, 0.3) is 0 Å². The van der Waals surface area contributed by atoms with Crippen LogP contribution in [0.4, 0.5) is 5.69 Å². The summed E-state index contributed by atoms with van der Waals surface area (Å²) in [7, 11) is 1.72. The van der Waals surface area contributed by atoms with Gasteiger partial charge in [-0.15, -0.1) is 0 Å². The lowest BCUT2D eigenvalue weighted by Gasteiger charge is -2.48. The number of hydrogen-bond acceptors (Lipinski definition) is 4. The number of rotatable bonds is 4. The molecule has 2 atom stereocenters. The van der Waals surface area contributed by atoms with Gasteiger partial charge in [-0.05, 0) is 36.6 Å². The lowest BCUT2D eigenvalue weighted by molar-refractivity contribution is -0.193. The summed E-state index contributed by atoms with van der Waals surface area (Å²) < 4.78 is 12.3. The van der Waals surface area contributed by atoms with Gasteiger partial charge in [0.05, 0.1) is 12.3 Å². The van der Waals surface area contributed by atoms with Crippen LogP contribution in [-0.4, -0.2) is 25.5 Å². The largest absolute Gasteiger partial charge is 0.426 e. The molecule has 166 valence electrons. The molecule has 0 N–H and O–H groups in total. The van der Waals surface area contributed by atoms with Gasteiger partial charge in [-0.2, -0.15) is 0 Å². The molecule has 1 spiro atoms. The highest BCUT2D eigenvalue weighted by molar-refractivity contribution is 6.10. The van der Waals surface area contributed by atoms with E-state index < -0.39 is 17.0 Å². The summed E-state index contributed by atoms with van der Waals surface area (Å²) in [5.41, 5.74) is 0.242. The van der Waals surface area contributed by atoms with Crippen LogP contribution in [0.5, 0.6) is 5.75 Å². The maximum absolute atomic E-state index is 14.1. The highest BCUT2D eigenvalue weighted by atomic mass is 16.5. The van der Waals surface area contributed by atoms with Crippen molar-refractivity contribution in [2.24, 2.45) is 5.41 Å². The van der Waals surface area contributed by atoms with E-state index in [2.05, 4.69) is 6.58 Å². The van der Waals surface area contributed by atoms with Crippen LogP contribution < -0.4 is 9.64 Å². The molecule has 0 aromatic heterocycles. The van der Waals surface area contributed by atoms with Gasteiger partial charge in [0.1, 0.15) is 11.2 Å². The van der Waals surface area contributed by atoms with Crippen molar-refractivity contribution < 1.29 is 19.1 Å². The highest BCUT2D eigenvalue weighted by Gasteiger charge is 2.69. The maximum atomic E-state index is 14.1. The average molecular weight is 440 g/mol. The van der Waals surface area contributed by atoms with Gasteiger partial charge in [-0.1, -0.05) is 78.9 Å². The first-order valence-electron chi connectivity index (χ1n) is 11.0. The first-order valence-corrected chi connectivity index (χ1v) is 11.0. The first kappa shape index (κ1) is 21.2. The minimum Gasteiger partial charge on any atom is -0.426 e. The predicted octanol–water partition coefficient (Wildman–Crippen LogP) is 4.67. The second kappa shape index (κ2) is 8.01. The van der Waals surface area contributed by atoms with Crippen LogP contribution in [0.15, 0.2) is 97.1 Å². The lowest BCUT2D eigenvalue weighted by Crippen LogP contribution is -2.62. The van der Waals surface area contributed by atoms with Crippen molar-refractivity contribution in [2.45, 2.75) is 18.4 Å². The minimum absolute atomic E-state index is 0.197. The van der Waals surface area contributed by atoms with E-state index in [1.807, 2.05) is 72.8 Å². The molecule has 2 aliphatic rings. The molecule has 0 bridgehead atoms. The summed E-state index contributed by atoms with van der Waals surface area (Å²) in [4.78, 5) is 29.7. The molecule has 5 rings (SSSR count). The third-order valence-electron chi connectivity index (χ3n) is 6.66. The Bertz CT molecular complexity index is 1220. The Kier molecular flexibility index (Phi) is 5.14.